The molecule has 0 saturated heterocycles. The minimum Gasteiger partial charge on any atom is -0.322 e. The van der Waals surface area contributed by atoms with Crippen LogP contribution in [-0.2, 0) is 0 Å². The zero-order chi connectivity index (χ0) is 20.9. The van der Waals surface area contributed by atoms with Gasteiger partial charge in [0, 0.05) is 39.8 Å². The highest BCUT2D eigenvalue weighted by Gasteiger charge is 2.29. The number of pyridine rings is 1. The Hall–Kier alpha value is -3.33. The summed E-state index contributed by atoms with van der Waals surface area (Å²) in [6, 6.07) is 14.7. The zero-order valence-electron chi connectivity index (χ0n) is 14.7. The average Bonchev–Trinajstić information content (AvgIpc) is 2.68. The van der Waals surface area contributed by atoms with Crippen LogP contribution in [0.2, 0.25) is 0 Å². The van der Waals surface area contributed by atoms with Crippen molar-refractivity contribution in [2.45, 2.75) is 10.4 Å². The summed E-state index contributed by atoms with van der Waals surface area (Å²) in [4.78, 5) is 28.5. The van der Waals surface area contributed by atoms with Crippen LogP contribution >= 0.6 is 11.8 Å². The number of hydrogen-bond acceptors (Lipinski definition) is 4. The van der Waals surface area contributed by atoms with E-state index in [0.29, 0.717) is 16.9 Å². The maximum absolute atomic E-state index is 12.4. The van der Waals surface area contributed by atoms with Gasteiger partial charge in [0.05, 0.1) is 0 Å². The van der Waals surface area contributed by atoms with Crippen molar-refractivity contribution in [2.24, 2.45) is 0 Å². The highest BCUT2D eigenvalue weighted by atomic mass is 32.2. The summed E-state index contributed by atoms with van der Waals surface area (Å²) >= 11 is -0.249. The summed E-state index contributed by atoms with van der Waals surface area (Å²) in [6.45, 7) is 0. The first kappa shape index (κ1) is 20.4. The van der Waals surface area contributed by atoms with Crippen LogP contribution in [0.1, 0.15) is 20.7 Å². The number of amides is 2. The van der Waals surface area contributed by atoms with E-state index in [0.717, 1.165) is 0 Å². The number of nitrogens with zero attached hydrogens (tertiary/aromatic N) is 1. The quantitative estimate of drug-likeness (QED) is 0.560. The third-order valence-corrected chi connectivity index (χ3v) is 4.41. The molecule has 0 aliphatic carbocycles. The molecule has 0 saturated carbocycles. The van der Waals surface area contributed by atoms with Gasteiger partial charge in [-0.25, -0.2) is 0 Å². The first-order valence-electron chi connectivity index (χ1n) is 8.29. The molecule has 2 amide bonds. The SMILES string of the molecule is O=C(Nc1cccc(C(=O)Nc2ccncc2)c1)c1ccc(SC(F)(F)F)cc1. The molecule has 3 rings (SSSR count). The highest BCUT2D eigenvalue weighted by molar-refractivity contribution is 8.00. The lowest BCUT2D eigenvalue weighted by Gasteiger charge is -2.09. The Morgan fingerprint density at radius 1 is 0.793 bits per heavy atom. The van der Waals surface area contributed by atoms with E-state index in [4.69, 9.17) is 0 Å². The summed E-state index contributed by atoms with van der Waals surface area (Å²) in [5.74, 6) is -0.860. The third-order valence-electron chi connectivity index (χ3n) is 3.67. The smallest absolute Gasteiger partial charge is 0.322 e. The number of hydrogen-bond donors (Lipinski definition) is 2. The fourth-order valence-electron chi connectivity index (χ4n) is 2.39. The largest absolute Gasteiger partial charge is 0.446 e. The summed E-state index contributed by atoms with van der Waals surface area (Å²) in [5.41, 5.74) is -2.90. The van der Waals surface area contributed by atoms with Crippen molar-refractivity contribution >= 4 is 35.0 Å². The Morgan fingerprint density at radius 3 is 2.07 bits per heavy atom. The van der Waals surface area contributed by atoms with Gasteiger partial charge in [0.2, 0.25) is 0 Å². The molecule has 29 heavy (non-hydrogen) atoms. The number of alkyl halides is 3. The summed E-state index contributed by atoms with van der Waals surface area (Å²) in [5, 5.41) is 5.34. The lowest BCUT2D eigenvalue weighted by Crippen LogP contribution is -2.14. The summed E-state index contributed by atoms with van der Waals surface area (Å²) in [7, 11) is 0. The van der Waals surface area contributed by atoms with Crippen LogP contribution in [0.15, 0.2) is 78.0 Å². The number of aromatic nitrogens is 1. The third kappa shape index (κ3) is 6.08. The summed E-state index contributed by atoms with van der Waals surface area (Å²) in [6.07, 6.45) is 3.09. The second-order valence-corrected chi connectivity index (χ2v) is 6.94. The Bertz CT molecular complexity index is 1010. The molecule has 2 N–H and O–H groups in total. The number of rotatable bonds is 5. The fourth-order valence-corrected chi connectivity index (χ4v) is 2.93. The molecule has 2 aromatic carbocycles. The van der Waals surface area contributed by atoms with Crippen LogP contribution in [-0.4, -0.2) is 22.3 Å². The molecule has 148 valence electrons. The van der Waals surface area contributed by atoms with Crippen molar-refractivity contribution in [3.63, 3.8) is 0 Å². The van der Waals surface area contributed by atoms with Crippen molar-refractivity contribution in [1.82, 2.24) is 4.98 Å². The van der Waals surface area contributed by atoms with Gasteiger partial charge in [0.1, 0.15) is 0 Å². The highest BCUT2D eigenvalue weighted by Crippen LogP contribution is 2.36. The first-order chi connectivity index (χ1) is 13.8. The molecule has 0 spiro atoms. The van der Waals surface area contributed by atoms with Gasteiger partial charge in [-0.1, -0.05) is 6.07 Å². The van der Waals surface area contributed by atoms with E-state index in [2.05, 4.69) is 15.6 Å². The standard InChI is InChI=1S/C20H14F3N3O2S/c21-20(22,23)29-17-6-4-13(5-7-17)18(27)26-16-3-1-2-14(12-16)19(28)25-15-8-10-24-11-9-15/h1-12H,(H,26,27)(H,24,25,28). The Morgan fingerprint density at radius 2 is 1.41 bits per heavy atom. The molecule has 5 nitrogen and oxygen atoms in total. The minimum absolute atomic E-state index is 0.0103. The number of thioether (sulfide) groups is 1. The second kappa shape index (κ2) is 8.78. The van der Waals surface area contributed by atoms with Gasteiger partial charge >= 0.3 is 5.51 Å². The second-order valence-electron chi connectivity index (χ2n) is 5.80. The fraction of sp³-hybridized carbons (Fsp3) is 0.0500. The van der Waals surface area contributed by atoms with Crippen molar-refractivity contribution in [3.8, 4) is 0 Å². The molecule has 0 unspecified atom stereocenters. The average molecular weight is 417 g/mol. The number of nitrogens with one attached hydrogen (secondary N) is 2. The van der Waals surface area contributed by atoms with E-state index in [1.165, 1.54) is 30.3 Å². The monoisotopic (exact) mass is 417 g/mol. The number of halogens is 3. The van der Waals surface area contributed by atoms with E-state index in [1.54, 1.807) is 42.7 Å². The Balaban J connectivity index is 1.66. The van der Waals surface area contributed by atoms with Crippen molar-refractivity contribution in [1.29, 1.82) is 0 Å². The molecular weight excluding hydrogens is 403 g/mol. The van der Waals surface area contributed by atoms with Gasteiger partial charge < -0.3 is 10.6 Å². The summed E-state index contributed by atoms with van der Waals surface area (Å²) < 4.78 is 37.1. The van der Waals surface area contributed by atoms with Gasteiger partial charge in [-0.15, -0.1) is 0 Å². The van der Waals surface area contributed by atoms with E-state index in [-0.39, 0.29) is 28.1 Å². The first-order valence-corrected chi connectivity index (χ1v) is 9.10. The van der Waals surface area contributed by atoms with Crippen molar-refractivity contribution in [3.05, 3.63) is 84.2 Å². The van der Waals surface area contributed by atoms with Crippen LogP contribution in [0.5, 0.6) is 0 Å². The van der Waals surface area contributed by atoms with Crippen molar-refractivity contribution < 1.29 is 22.8 Å². The molecule has 0 radical (unpaired) electrons. The normalized spacial score (nSPS) is 11.0. The van der Waals surface area contributed by atoms with Crippen molar-refractivity contribution in [2.75, 3.05) is 10.6 Å². The van der Waals surface area contributed by atoms with Gasteiger partial charge in [-0.05, 0) is 66.4 Å². The van der Waals surface area contributed by atoms with E-state index in [9.17, 15) is 22.8 Å². The van der Waals surface area contributed by atoms with Crippen LogP contribution in [0.4, 0.5) is 24.5 Å². The van der Waals surface area contributed by atoms with Gasteiger partial charge in [-0.3, -0.25) is 14.6 Å². The molecule has 0 fully saturated rings. The topological polar surface area (TPSA) is 71.1 Å². The zero-order valence-corrected chi connectivity index (χ0v) is 15.6. The molecule has 1 aromatic heterocycles. The maximum atomic E-state index is 12.4. The van der Waals surface area contributed by atoms with Crippen LogP contribution < -0.4 is 10.6 Å². The number of carbonyl (C=O) groups is 2. The molecule has 0 atom stereocenters. The van der Waals surface area contributed by atoms with Gasteiger partial charge in [-0.2, -0.15) is 13.2 Å². The van der Waals surface area contributed by atoms with Crippen LogP contribution in [0, 0.1) is 0 Å². The number of benzene rings is 2. The maximum Gasteiger partial charge on any atom is 0.446 e. The molecular formula is C20H14F3N3O2S. The Labute approximate surface area is 168 Å². The van der Waals surface area contributed by atoms with Gasteiger partial charge in [0.25, 0.3) is 11.8 Å². The van der Waals surface area contributed by atoms with Crippen LogP contribution in [0.3, 0.4) is 0 Å². The minimum atomic E-state index is -4.39. The van der Waals surface area contributed by atoms with E-state index >= 15 is 0 Å². The number of carbonyl (C=O) groups excluding carboxylic acids is 2. The van der Waals surface area contributed by atoms with Gasteiger partial charge in [0.15, 0.2) is 0 Å². The molecule has 1 heterocycles. The molecule has 0 aliphatic rings. The lowest BCUT2D eigenvalue weighted by molar-refractivity contribution is -0.0328. The molecule has 0 bridgehead atoms. The molecule has 9 heteroatoms. The molecule has 0 aliphatic heterocycles. The lowest BCUT2D eigenvalue weighted by atomic mass is 10.1. The Kier molecular flexibility index (Phi) is 6.18. The predicted molar refractivity (Wildman–Crippen MR) is 105 cm³/mol. The van der Waals surface area contributed by atoms with Crippen LogP contribution in [0.25, 0.3) is 0 Å². The van der Waals surface area contributed by atoms with E-state index in [1.807, 2.05) is 0 Å². The molecule has 3 aromatic rings. The van der Waals surface area contributed by atoms with E-state index < -0.39 is 11.4 Å². The number of anilines is 2. The predicted octanol–water partition coefficient (Wildman–Crippen LogP) is 5.20.